The van der Waals surface area contributed by atoms with Crippen molar-refractivity contribution >= 4 is 5.91 Å². The van der Waals surface area contributed by atoms with E-state index >= 15 is 0 Å². The van der Waals surface area contributed by atoms with E-state index < -0.39 is 0 Å². The fraction of sp³-hybridized carbons (Fsp3) is 0.227. The number of halogens is 1. The fourth-order valence-electron chi connectivity index (χ4n) is 2.95. The molecule has 0 saturated carbocycles. The summed E-state index contributed by atoms with van der Waals surface area (Å²) in [5.74, 6) is 0.874. The molecule has 1 aromatic heterocycles. The summed E-state index contributed by atoms with van der Waals surface area (Å²) < 4.78 is 24.0. The lowest BCUT2D eigenvalue weighted by Gasteiger charge is -2.25. The number of likely N-dealkylation sites (N-methyl/N-ethyl adjacent to an activating group) is 1. The number of carbonyl (C=O) groups excluding carboxylic acids is 1. The summed E-state index contributed by atoms with van der Waals surface area (Å²) in [4.78, 5) is 14.5. The highest BCUT2D eigenvalue weighted by atomic mass is 19.1. The van der Waals surface area contributed by atoms with Crippen molar-refractivity contribution in [3.8, 4) is 17.1 Å². The van der Waals surface area contributed by atoms with Gasteiger partial charge in [0.15, 0.2) is 5.76 Å². The van der Waals surface area contributed by atoms with Crippen LogP contribution in [0.1, 0.15) is 22.2 Å². The molecule has 2 aromatic carbocycles. The van der Waals surface area contributed by atoms with Crippen LogP contribution in [0.3, 0.4) is 0 Å². The predicted molar refractivity (Wildman–Crippen MR) is 106 cm³/mol. The highest BCUT2D eigenvalue weighted by Crippen LogP contribution is 2.24. The maximum absolute atomic E-state index is 13.1. The summed E-state index contributed by atoms with van der Waals surface area (Å²) in [5.41, 5.74) is 1.75. The Bertz CT molecular complexity index is 935. The molecule has 0 saturated heterocycles. The Kier molecular flexibility index (Phi) is 6.11. The van der Waals surface area contributed by atoms with Crippen molar-refractivity contribution in [3.05, 3.63) is 77.8 Å². The number of ether oxygens (including phenoxy) is 1. The van der Waals surface area contributed by atoms with E-state index in [1.54, 1.807) is 31.4 Å². The Morgan fingerprint density at radius 2 is 1.89 bits per heavy atom. The molecule has 1 heterocycles. The minimum absolute atomic E-state index is 0.0226. The molecule has 6 heteroatoms. The molecular weight excluding hydrogens is 359 g/mol. The van der Waals surface area contributed by atoms with Crippen LogP contribution in [0.15, 0.2) is 65.1 Å². The Balaban J connectivity index is 1.69. The zero-order valence-corrected chi connectivity index (χ0v) is 16.1. The van der Waals surface area contributed by atoms with Crippen LogP contribution in [0.25, 0.3) is 11.3 Å². The Labute approximate surface area is 163 Å². The minimum Gasteiger partial charge on any atom is -0.497 e. The van der Waals surface area contributed by atoms with Crippen LogP contribution in [-0.4, -0.2) is 38.6 Å². The van der Waals surface area contributed by atoms with Gasteiger partial charge in [0, 0.05) is 12.1 Å². The van der Waals surface area contributed by atoms with Crippen molar-refractivity contribution in [1.82, 2.24) is 10.2 Å². The third kappa shape index (κ3) is 4.58. The van der Waals surface area contributed by atoms with Crippen molar-refractivity contribution in [2.45, 2.75) is 6.04 Å². The largest absolute Gasteiger partial charge is 0.497 e. The topological polar surface area (TPSA) is 54.7 Å². The predicted octanol–water partition coefficient (Wildman–Crippen LogP) is 4.13. The molecule has 3 rings (SSSR count). The zero-order chi connectivity index (χ0) is 20.1. The van der Waals surface area contributed by atoms with Crippen LogP contribution >= 0.6 is 0 Å². The van der Waals surface area contributed by atoms with Crippen LogP contribution in [-0.2, 0) is 0 Å². The van der Waals surface area contributed by atoms with Gasteiger partial charge in [-0.05, 0) is 68.2 Å². The molecule has 3 aromatic rings. The number of amides is 1. The summed E-state index contributed by atoms with van der Waals surface area (Å²) in [6.07, 6.45) is 0. The minimum atomic E-state index is -0.319. The normalized spacial score (nSPS) is 12.0. The molecule has 1 N–H and O–H groups in total. The number of benzene rings is 2. The number of rotatable bonds is 7. The maximum atomic E-state index is 13.1. The van der Waals surface area contributed by atoms with Gasteiger partial charge in [-0.2, -0.15) is 0 Å². The van der Waals surface area contributed by atoms with Crippen LogP contribution in [0.4, 0.5) is 4.39 Å². The van der Waals surface area contributed by atoms with Crippen molar-refractivity contribution < 1.29 is 18.3 Å². The molecule has 5 nitrogen and oxygen atoms in total. The number of hydrogen-bond acceptors (Lipinski definition) is 4. The van der Waals surface area contributed by atoms with E-state index in [0.29, 0.717) is 17.9 Å². The number of furan rings is 1. The quantitative estimate of drug-likeness (QED) is 0.668. The number of hydrogen-bond donors (Lipinski definition) is 1. The molecule has 0 aliphatic carbocycles. The number of nitrogens with zero attached hydrogens (tertiary/aromatic N) is 1. The highest BCUT2D eigenvalue weighted by Gasteiger charge is 2.18. The second kappa shape index (κ2) is 8.71. The van der Waals surface area contributed by atoms with Crippen molar-refractivity contribution in [2.24, 2.45) is 0 Å². The van der Waals surface area contributed by atoms with Gasteiger partial charge in [0.05, 0.1) is 13.2 Å². The van der Waals surface area contributed by atoms with Crippen molar-refractivity contribution in [2.75, 3.05) is 27.7 Å². The molecule has 0 radical (unpaired) electrons. The molecule has 1 atom stereocenters. The monoisotopic (exact) mass is 382 g/mol. The van der Waals surface area contributed by atoms with Crippen LogP contribution in [0.2, 0.25) is 0 Å². The van der Waals surface area contributed by atoms with Gasteiger partial charge >= 0.3 is 0 Å². The van der Waals surface area contributed by atoms with Crippen molar-refractivity contribution in [1.29, 1.82) is 0 Å². The first-order chi connectivity index (χ1) is 13.5. The summed E-state index contributed by atoms with van der Waals surface area (Å²) in [6.45, 7) is 0.408. The lowest BCUT2D eigenvalue weighted by molar-refractivity contribution is 0.0915. The van der Waals surface area contributed by atoms with Crippen LogP contribution in [0.5, 0.6) is 5.75 Å². The second-order valence-corrected chi connectivity index (χ2v) is 6.64. The summed E-state index contributed by atoms with van der Waals surface area (Å²) in [6, 6.07) is 17.0. The van der Waals surface area contributed by atoms with Gasteiger partial charge in [-0.25, -0.2) is 4.39 Å². The van der Waals surface area contributed by atoms with E-state index in [0.717, 1.165) is 11.3 Å². The van der Waals surface area contributed by atoms with Crippen LogP contribution < -0.4 is 10.1 Å². The summed E-state index contributed by atoms with van der Waals surface area (Å²) in [7, 11) is 5.53. The lowest BCUT2D eigenvalue weighted by atomic mass is 10.1. The molecular formula is C22H23FN2O3. The molecule has 0 bridgehead atoms. The van der Waals surface area contributed by atoms with E-state index in [4.69, 9.17) is 9.15 Å². The average Bonchev–Trinajstić information content (AvgIpc) is 3.19. The van der Waals surface area contributed by atoms with Crippen molar-refractivity contribution in [3.63, 3.8) is 0 Å². The Morgan fingerprint density at radius 1 is 1.14 bits per heavy atom. The van der Waals surface area contributed by atoms with Gasteiger partial charge in [-0.15, -0.1) is 0 Å². The molecule has 1 amide bonds. The van der Waals surface area contributed by atoms with Crippen LogP contribution in [0, 0.1) is 5.82 Å². The first-order valence-corrected chi connectivity index (χ1v) is 8.92. The molecule has 0 aliphatic rings. The standard InChI is InChI=1S/C22H23FN2O3/c1-25(2)19(16-5-4-6-18(13-16)27-3)14-24-22(26)21-12-11-20(28-21)15-7-9-17(23)10-8-15/h4-13,19H,14H2,1-3H3,(H,24,26). The Hall–Kier alpha value is -3.12. The molecule has 0 fully saturated rings. The van der Waals surface area contributed by atoms with E-state index in [2.05, 4.69) is 5.32 Å². The fourth-order valence-corrected chi connectivity index (χ4v) is 2.95. The van der Waals surface area contributed by atoms with E-state index in [-0.39, 0.29) is 23.5 Å². The van der Waals surface area contributed by atoms with E-state index in [1.807, 2.05) is 43.3 Å². The van der Waals surface area contributed by atoms with Gasteiger partial charge < -0.3 is 19.4 Å². The second-order valence-electron chi connectivity index (χ2n) is 6.64. The smallest absolute Gasteiger partial charge is 0.287 e. The van der Waals surface area contributed by atoms with Gasteiger partial charge in [-0.1, -0.05) is 12.1 Å². The molecule has 1 unspecified atom stereocenters. The lowest BCUT2D eigenvalue weighted by Crippen LogP contribution is -2.34. The third-order valence-corrected chi connectivity index (χ3v) is 4.52. The van der Waals surface area contributed by atoms with Gasteiger partial charge in [0.25, 0.3) is 5.91 Å². The van der Waals surface area contributed by atoms with E-state index in [1.165, 1.54) is 12.1 Å². The molecule has 0 aliphatic heterocycles. The molecule has 146 valence electrons. The van der Waals surface area contributed by atoms with Gasteiger partial charge in [-0.3, -0.25) is 4.79 Å². The van der Waals surface area contributed by atoms with Gasteiger partial charge in [0.1, 0.15) is 17.3 Å². The summed E-state index contributed by atoms with van der Waals surface area (Å²) >= 11 is 0. The number of methoxy groups -OCH3 is 1. The van der Waals surface area contributed by atoms with Gasteiger partial charge in [0.2, 0.25) is 0 Å². The average molecular weight is 382 g/mol. The molecule has 0 spiro atoms. The maximum Gasteiger partial charge on any atom is 0.287 e. The third-order valence-electron chi connectivity index (χ3n) is 4.52. The molecule has 28 heavy (non-hydrogen) atoms. The summed E-state index contributed by atoms with van der Waals surface area (Å²) in [5, 5.41) is 2.92. The first kappa shape index (κ1) is 19.6. The zero-order valence-electron chi connectivity index (χ0n) is 16.1. The van der Waals surface area contributed by atoms with E-state index in [9.17, 15) is 9.18 Å². The number of nitrogens with one attached hydrogen (secondary N) is 1. The highest BCUT2D eigenvalue weighted by molar-refractivity contribution is 5.92. The number of carbonyl (C=O) groups is 1. The Morgan fingerprint density at radius 3 is 2.57 bits per heavy atom. The first-order valence-electron chi connectivity index (χ1n) is 8.92. The SMILES string of the molecule is COc1cccc(C(CNC(=O)c2ccc(-c3ccc(F)cc3)o2)N(C)C)c1.